The predicted octanol–water partition coefficient (Wildman–Crippen LogP) is 2.42. The molecule has 0 radical (unpaired) electrons. The van der Waals surface area contributed by atoms with Gasteiger partial charge < -0.3 is 10.4 Å². The van der Waals surface area contributed by atoms with Gasteiger partial charge in [-0.1, -0.05) is 36.8 Å². The number of aliphatic hydroxyl groups is 1. The summed E-state index contributed by atoms with van der Waals surface area (Å²) >= 11 is 0. The molecule has 2 atom stereocenters. The van der Waals surface area contributed by atoms with Gasteiger partial charge in [0.15, 0.2) is 0 Å². The summed E-state index contributed by atoms with van der Waals surface area (Å²) in [4.78, 5) is 0. The van der Waals surface area contributed by atoms with Crippen LogP contribution in [-0.4, -0.2) is 17.8 Å². The Morgan fingerprint density at radius 3 is 2.33 bits per heavy atom. The van der Waals surface area contributed by atoms with E-state index in [1.165, 1.54) is 11.1 Å². The molecule has 0 saturated heterocycles. The van der Waals surface area contributed by atoms with Crippen LogP contribution in [-0.2, 0) is 0 Å². The molecule has 1 aromatic carbocycles. The van der Waals surface area contributed by atoms with Gasteiger partial charge in [0.1, 0.15) is 0 Å². The first kappa shape index (κ1) is 12.2. The fourth-order valence-corrected chi connectivity index (χ4v) is 1.64. The molecule has 0 aromatic heterocycles. The van der Waals surface area contributed by atoms with Gasteiger partial charge >= 0.3 is 0 Å². The zero-order chi connectivity index (χ0) is 11.3. The molecular weight excluding hydrogens is 186 g/mol. The van der Waals surface area contributed by atoms with Gasteiger partial charge in [0, 0.05) is 12.1 Å². The van der Waals surface area contributed by atoms with Crippen LogP contribution < -0.4 is 5.32 Å². The summed E-state index contributed by atoms with van der Waals surface area (Å²) in [5.41, 5.74) is 2.58. The molecule has 1 aromatic rings. The largest absolute Gasteiger partial charge is 0.395 e. The van der Waals surface area contributed by atoms with E-state index in [9.17, 15) is 0 Å². The first-order valence-electron chi connectivity index (χ1n) is 5.60. The maximum absolute atomic E-state index is 9.01. The molecule has 15 heavy (non-hydrogen) atoms. The van der Waals surface area contributed by atoms with E-state index in [0.717, 1.165) is 6.42 Å². The zero-order valence-corrected chi connectivity index (χ0v) is 9.83. The van der Waals surface area contributed by atoms with Crippen molar-refractivity contribution in [1.82, 2.24) is 5.32 Å². The second-order valence-electron chi connectivity index (χ2n) is 4.12. The van der Waals surface area contributed by atoms with Crippen LogP contribution in [0.1, 0.15) is 37.4 Å². The standard InChI is InChI=1S/C13H21NO/c1-4-13(14-11(3)9-15)12-7-5-10(2)6-8-12/h5-8,11,13-15H,4,9H2,1-3H3/t11-,13-/m1/s1. The third-order valence-electron chi connectivity index (χ3n) is 2.65. The second kappa shape index (κ2) is 5.89. The maximum atomic E-state index is 9.01. The molecule has 2 heteroatoms. The number of rotatable bonds is 5. The SMILES string of the molecule is CC[C@@H](N[C@H](C)CO)c1ccc(C)cc1. The molecule has 0 heterocycles. The summed E-state index contributed by atoms with van der Waals surface area (Å²) in [6.07, 6.45) is 1.04. The summed E-state index contributed by atoms with van der Waals surface area (Å²) in [6, 6.07) is 9.05. The number of hydrogen-bond donors (Lipinski definition) is 2. The van der Waals surface area contributed by atoms with Crippen LogP contribution in [0.15, 0.2) is 24.3 Å². The third kappa shape index (κ3) is 3.65. The first-order chi connectivity index (χ1) is 7.17. The van der Waals surface area contributed by atoms with E-state index >= 15 is 0 Å². The number of benzene rings is 1. The van der Waals surface area contributed by atoms with Crippen LogP contribution >= 0.6 is 0 Å². The lowest BCUT2D eigenvalue weighted by Gasteiger charge is -2.21. The third-order valence-corrected chi connectivity index (χ3v) is 2.65. The van der Waals surface area contributed by atoms with Gasteiger partial charge in [-0.15, -0.1) is 0 Å². The van der Waals surface area contributed by atoms with E-state index in [4.69, 9.17) is 5.11 Å². The molecule has 0 saturated carbocycles. The van der Waals surface area contributed by atoms with Gasteiger partial charge in [-0.3, -0.25) is 0 Å². The molecule has 0 unspecified atom stereocenters. The van der Waals surface area contributed by atoms with Crippen molar-refractivity contribution in [3.8, 4) is 0 Å². The molecule has 0 aliphatic rings. The van der Waals surface area contributed by atoms with Crippen molar-refractivity contribution < 1.29 is 5.11 Å². The average molecular weight is 207 g/mol. The lowest BCUT2D eigenvalue weighted by molar-refractivity contribution is 0.239. The van der Waals surface area contributed by atoms with E-state index in [1.54, 1.807) is 0 Å². The summed E-state index contributed by atoms with van der Waals surface area (Å²) < 4.78 is 0. The molecule has 2 N–H and O–H groups in total. The molecule has 1 rings (SSSR count). The fraction of sp³-hybridized carbons (Fsp3) is 0.538. The highest BCUT2D eigenvalue weighted by Gasteiger charge is 2.11. The van der Waals surface area contributed by atoms with Crippen LogP contribution in [0.5, 0.6) is 0 Å². The van der Waals surface area contributed by atoms with E-state index in [-0.39, 0.29) is 12.6 Å². The summed E-state index contributed by atoms with van der Waals surface area (Å²) in [7, 11) is 0. The Hall–Kier alpha value is -0.860. The van der Waals surface area contributed by atoms with Crippen molar-refractivity contribution in [2.45, 2.75) is 39.3 Å². The van der Waals surface area contributed by atoms with Gasteiger partial charge in [0.25, 0.3) is 0 Å². The second-order valence-corrected chi connectivity index (χ2v) is 4.12. The van der Waals surface area contributed by atoms with Crippen LogP contribution in [0.2, 0.25) is 0 Å². The molecule has 84 valence electrons. The molecular formula is C13H21NO. The highest BCUT2D eigenvalue weighted by Crippen LogP contribution is 2.17. The van der Waals surface area contributed by atoms with E-state index < -0.39 is 0 Å². The normalized spacial score (nSPS) is 14.9. The Labute approximate surface area is 92.3 Å². The predicted molar refractivity (Wildman–Crippen MR) is 63.9 cm³/mol. The minimum atomic E-state index is 0.149. The smallest absolute Gasteiger partial charge is 0.0582 e. The molecule has 0 fully saturated rings. The summed E-state index contributed by atoms with van der Waals surface area (Å²) in [5, 5.41) is 12.4. The van der Waals surface area contributed by atoms with Crippen molar-refractivity contribution >= 4 is 0 Å². The summed E-state index contributed by atoms with van der Waals surface area (Å²) in [6.45, 7) is 6.43. The van der Waals surface area contributed by atoms with E-state index in [1.807, 2.05) is 6.92 Å². The van der Waals surface area contributed by atoms with Crippen LogP contribution in [0, 0.1) is 6.92 Å². The highest BCUT2D eigenvalue weighted by atomic mass is 16.3. The van der Waals surface area contributed by atoms with Gasteiger partial charge in [-0.25, -0.2) is 0 Å². The van der Waals surface area contributed by atoms with Gasteiger partial charge in [-0.2, -0.15) is 0 Å². The van der Waals surface area contributed by atoms with E-state index in [2.05, 4.69) is 43.4 Å². The topological polar surface area (TPSA) is 32.3 Å². The first-order valence-corrected chi connectivity index (χ1v) is 5.60. The van der Waals surface area contributed by atoms with E-state index in [0.29, 0.717) is 6.04 Å². The van der Waals surface area contributed by atoms with Crippen molar-refractivity contribution in [3.63, 3.8) is 0 Å². The van der Waals surface area contributed by atoms with Gasteiger partial charge in [-0.05, 0) is 25.8 Å². The minimum absolute atomic E-state index is 0.149. The quantitative estimate of drug-likeness (QED) is 0.777. The Morgan fingerprint density at radius 2 is 1.87 bits per heavy atom. The maximum Gasteiger partial charge on any atom is 0.0582 e. The molecule has 0 spiro atoms. The lowest BCUT2D eigenvalue weighted by atomic mass is 10.0. The highest BCUT2D eigenvalue weighted by molar-refractivity contribution is 5.24. The minimum Gasteiger partial charge on any atom is -0.395 e. The fourth-order valence-electron chi connectivity index (χ4n) is 1.64. The number of nitrogens with one attached hydrogen (secondary N) is 1. The molecule has 0 amide bonds. The number of hydrogen-bond acceptors (Lipinski definition) is 2. The number of aryl methyl sites for hydroxylation is 1. The van der Waals surface area contributed by atoms with Crippen LogP contribution in [0.25, 0.3) is 0 Å². The van der Waals surface area contributed by atoms with Crippen molar-refractivity contribution in [2.75, 3.05) is 6.61 Å². The Morgan fingerprint density at radius 1 is 1.27 bits per heavy atom. The van der Waals surface area contributed by atoms with Crippen LogP contribution in [0.3, 0.4) is 0 Å². The zero-order valence-electron chi connectivity index (χ0n) is 9.83. The Kier molecular flexibility index (Phi) is 4.79. The van der Waals surface area contributed by atoms with Gasteiger partial charge in [0.05, 0.1) is 6.61 Å². The Bertz CT molecular complexity index is 281. The van der Waals surface area contributed by atoms with Gasteiger partial charge in [0.2, 0.25) is 0 Å². The molecule has 0 aliphatic carbocycles. The average Bonchev–Trinajstić information content (AvgIpc) is 2.27. The molecule has 0 bridgehead atoms. The molecule has 0 aliphatic heterocycles. The van der Waals surface area contributed by atoms with Crippen LogP contribution in [0.4, 0.5) is 0 Å². The molecule has 2 nitrogen and oxygen atoms in total. The number of aliphatic hydroxyl groups excluding tert-OH is 1. The lowest BCUT2D eigenvalue weighted by Crippen LogP contribution is -2.32. The Balaban J connectivity index is 2.69. The van der Waals surface area contributed by atoms with Crippen molar-refractivity contribution in [1.29, 1.82) is 0 Å². The van der Waals surface area contributed by atoms with Crippen molar-refractivity contribution in [3.05, 3.63) is 35.4 Å². The monoisotopic (exact) mass is 207 g/mol. The summed E-state index contributed by atoms with van der Waals surface area (Å²) in [5.74, 6) is 0. The van der Waals surface area contributed by atoms with Crippen molar-refractivity contribution in [2.24, 2.45) is 0 Å².